The molecule has 3 rings (SSSR count). The van der Waals surface area contributed by atoms with Crippen LogP contribution in [0.1, 0.15) is 27.2 Å². The molecule has 0 aliphatic carbocycles. The fourth-order valence-corrected chi connectivity index (χ4v) is 4.05. The van der Waals surface area contributed by atoms with Crippen LogP contribution in [0, 0.1) is 13.8 Å². The zero-order valence-electron chi connectivity index (χ0n) is 15.2. The van der Waals surface area contributed by atoms with E-state index in [2.05, 4.69) is 5.10 Å². The van der Waals surface area contributed by atoms with Gasteiger partial charge in [0, 0.05) is 23.2 Å². The van der Waals surface area contributed by atoms with Crippen molar-refractivity contribution in [2.75, 3.05) is 0 Å². The van der Waals surface area contributed by atoms with E-state index in [1.807, 2.05) is 0 Å². The zero-order chi connectivity index (χ0) is 20.8. The number of hydrogen-bond acceptors (Lipinski definition) is 5. The van der Waals surface area contributed by atoms with Gasteiger partial charge in [-0.3, -0.25) is 9.48 Å². The number of ketones is 1. The summed E-state index contributed by atoms with van der Waals surface area (Å²) in [7, 11) is -3.01. The number of rotatable bonds is 4. The van der Waals surface area contributed by atoms with E-state index in [1.54, 1.807) is 27.0 Å². The van der Waals surface area contributed by atoms with E-state index in [4.69, 9.17) is 23.2 Å². The maximum absolute atomic E-state index is 13.2. The van der Waals surface area contributed by atoms with Gasteiger partial charge in [0.25, 0.3) is 0 Å². The van der Waals surface area contributed by atoms with E-state index in [0.29, 0.717) is 27.5 Å². The molecule has 0 amide bonds. The molecule has 0 bridgehead atoms. The Balaban J connectivity index is 2.27. The highest BCUT2D eigenvalue weighted by atomic mass is 35.5. The molecule has 0 aliphatic rings. The quantitative estimate of drug-likeness (QED) is 0.451. The highest BCUT2D eigenvalue weighted by molar-refractivity contribution is 7.85. The summed E-state index contributed by atoms with van der Waals surface area (Å²) in [6.07, 6.45) is 0. The third kappa shape index (κ3) is 3.71. The predicted molar refractivity (Wildman–Crippen MR) is 106 cm³/mol. The van der Waals surface area contributed by atoms with Gasteiger partial charge in [-0.05, 0) is 49.7 Å². The smallest absolute Gasteiger partial charge is 0.198 e. The van der Waals surface area contributed by atoms with E-state index in [-0.39, 0.29) is 26.8 Å². The number of carbonyl (C=O) groups excluding carboxylic acids is 1. The lowest BCUT2D eigenvalue weighted by Gasteiger charge is -2.14. The van der Waals surface area contributed by atoms with Crippen LogP contribution in [0.4, 0.5) is 0 Å². The van der Waals surface area contributed by atoms with Crippen molar-refractivity contribution >= 4 is 39.1 Å². The standard InChI is InChI=1S/C19H16Cl2N2O4S/c1-10-4-6-13(28(25,26)27)9-15(10)18-17(11(2)22-23(18)3)19(24)14-7-5-12(20)8-16(14)21/h4-9H,1-3H3,(H,25,26,27)/p-1. The lowest BCUT2D eigenvalue weighted by atomic mass is 9.95. The van der Waals surface area contributed by atoms with Crippen LogP contribution < -0.4 is 0 Å². The van der Waals surface area contributed by atoms with Crippen LogP contribution in [0.25, 0.3) is 11.3 Å². The fourth-order valence-electron chi connectivity index (χ4n) is 3.06. The third-order valence-electron chi connectivity index (χ3n) is 4.38. The molecule has 146 valence electrons. The summed E-state index contributed by atoms with van der Waals surface area (Å²) in [5.74, 6) is -0.378. The Labute approximate surface area is 172 Å². The number of aromatic nitrogens is 2. The second-order valence-electron chi connectivity index (χ2n) is 6.32. The first-order valence-corrected chi connectivity index (χ1v) is 10.3. The minimum atomic E-state index is -4.65. The molecule has 9 heteroatoms. The van der Waals surface area contributed by atoms with E-state index in [1.165, 1.54) is 35.0 Å². The first kappa shape index (κ1) is 20.5. The highest BCUT2D eigenvalue weighted by Gasteiger charge is 2.25. The second-order valence-corrected chi connectivity index (χ2v) is 8.54. The van der Waals surface area contributed by atoms with Crippen LogP contribution in [0.5, 0.6) is 0 Å². The number of hydrogen-bond donors (Lipinski definition) is 0. The lowest BCUT2D eigenvalue weighted by molar-refractivity contribution is 0.103. The number of halogens is 2. The summed E-state index contributed by atoms with van der Waals surface area (Å²) in [5.41, 5.74) is 2.48. The van der Waals surface area contributed by atoms with Crippen molar-refractivity contribution in [1.29, 1.82) is 0 Å². The summed E-state index contributed by atoms with van der Waals surface area (Å²) in [4.78, 5) is 12.9. The van der Waals surface area contributed by atoms with Gasteiger partial charge in [0.2, 0.25) is 0 Å². The van der Waals surface area contributed by atoms with E-state index >= 15 is 0 Å². The molecule has 1 heterocycles. The molecule has 0 fully saturated rings. The Kier molecular flexibility index (Phi) is 5.38. The largest absolute Gasteiger partial charge is 0.744 e. The lowest BCUT2D eigenvalue weighted by Crippen LogP contribution is -2.07. The highest BCUT2D eigenvalue weighted by Crippen LogP contribution is 2.33. The van der Waals surface area contributed by atoms with Gasteiger partial charge < -0.3 is 4.55 Å². The van der Waals surface area contributed by atoms with E-state index in [0.717, 1.165) is 0 Å². The first-order chi connectivity index (χ1) is 13.0. The number of carbonyl (C=O) groups is 1. The fraction of sp³-hybridized carbons (Fsp3) is 0.158. The van der Waals surface area contributed by atoms with Crippen molar-refractivity contribution in [1.82, 2.24) is 9.78 Å². The zero-order valence-corrected chi connectivity index (χ0v) is 17.5. The van der Waals surface area contributed by atoms with Gasteiger partial charge in [-0.1, -0.05) is 29.3 Å². The van der Waals surface area contributed by atoms with Gasteiger partial charge in [0.15, 0.2) is 5.78 Å². The van der Waals surface area contributed by atoms with Gasteiger partial charge >= 0.3 is 0 Å². The molecular weight excluding hydrogens is 423 g/mol. The molecule has 0 saturated heterocycles. The molecular formula is C19H15Cl2N2O4S-. The molecule has 6 nitrogen and oxygen atoms in total. The molecule has 0 aliphatic heterocycles. The van der Waals surface area contributed by atoms with Crippen LogP contribution in [0.3, 0.4) is 0 Å². The third-order valence-corrected chi connectivity index (χ3v) is 5.76. The summed E-state index contributed by atoms with van der Waals surface area (Å²) in [6.45, 7) is 3.42. The van der Waals surface area contributed by atoms with Gasteiger partial charge in [-0.25, -0.2) is 8.42 Å². The molecule has 0 unspecified atom stereocenters. The van der Waals surface area contributed by atoms with Crippen LogP contribution in [-0.2, 0) is 17.2 Å². The minimum Gasteiger partial charge on any atom is -0.744 e. The maximum Gasteiger partial charge on any atom is 0.198 e. The van der Waals surface area contributed by atoms with Crippen molar-refractivity contribution in [2.24, 2.45) is 7.05 Å². The number of benzene rings is 2. The van der Waals surface area contributed by atoms with Gasteiger partial charge in [0.05, 0.1) is 26.9 Å². The molecule has 0 atom stereocenters. The summed E-state index contributed by atoms with van der Waals surface area (Å²) < 4.78 is 35.9. The minimum absolute atomic E-state index is 0.194. The van der Waals surface area contributed by atoms with Crippen molar-refractivity contribution in [3.63, 3.8) is 0 Å². The Morgan fingerprint density at radius 3 is 2.39 bits per heavy atom. The average molecular weight is 438 g/mol. The Morgan fingerprint density at radius 1 is 1.11 bits per heavy atom. The molecule has 28 heavy (non-hydrogen) atoms. The van der Waals surface area contributed by atoms with Crippen LogP contribution in [0.2, 0.25) is 10.0 Å². The summed E-state index contributed by atoms with van der Waals surface area (Å²) in [5, 5.41) is 4.90. The summed E-state index contributed by atoms with van der Waals surface area (Å²) >= 11 is 12.1. The second kappa shape index (κ2) is 7.33. The molecule has 3 aromatic rings. The molecule has 0 saturated carbocycles. The molecule has 1 aromatic heterocycles. The van der Waals surface area contributed by atoms with Gasteiger partial charge in [-0.2, -0.15) is 5.10 Å². The number of aryl methyl sites for hydroxylation is 3. The topological polar surface area (TPSA) is 92.1 Å². The van der Waals surface area contributed by atoms with Crippen molar-refractivity contribution in [3.05, 3.63) is 68.8 Å². The van der Waals surface area contributed by atoms with E-state index in [9.17, 15) is 17.8 Å². The van der Waals surface area contributed by atoms with E-state index < -0.39 is 10.1 Å². The molecule has 0 N–H and O–H groups in total. The van der Waals surface area contributed by atoms with Crippen molar-refractivity contribution < 1.29 is 17.8 Å². The van der Waals surface area contributed by atoms with Crippen molar-refractivity contribution in [2.45, 2.75) is 18.7 Å². The first-order valence-electron chi connectivity index (χ1n) is 8.11. The van der Waals surface area contributed by atoms with Crippen LogP contribution in [0.15, 0.2) is 41.3 Å². The van der Waals surface area contributed by atoms with Crippen molar-refractivity contribution in [3.8, 4) is 11.3 Å². The maximum atomic E-state index is 13.2. The van der Waals surface area contributed by atoms with Crippen LogP contribution in [-0.4, -0.2) is 28.5 Å². The van der Waals surface area contributed by atoms with Gasteiger partial charge in [-0.15, -0.1) is 0 Å². The number of nitrogens with zero attached hydrogens (tertiary/aromatic N) is 2. The normalized spacial score (nSPS) is 11.6. The summed E-state index contributed by atoms with van der Waals surface area (Å²) in [6, 6.07) is 8.57. The van der Waals surface area contributed by atoms with Crippen LogP contribution >= 0.6 is 23.2 Å². The molecule has 2 aromatic carbocycles. The predicted octanol–water partition coefficient (Wildman–Crippen LogP) is 4.15. The Morgan fingerprint density at radius 2 is 1.79 bits per heavy atom. The SMILES string of the molecule is Cc1ccc(S(=O)(=O)[O-])cc1-c1c(C(=O)c2ccc(Cl)cc2Cl)c(C)nn1C. The Bertz CT molecular complexity index is 1220. The molecule has 0 radical (unpaired) electrons. The molecule has 0 spiro atoms. The average Bonchev–Trinajstić information content (AvgIpc) is 2.87. The van der Waals surface area contributed by atoms with Gasteiger partial charge in [0.1, 0.15) is 10.1 Å². The monoisotopic (exact) mass is 437 g/mol. The Hall–Kier alpha value is -2.19.